The molecule has 92 valence electrons. The van der Waals surface area contributed by atoms with Crippen LogP contribution in [0.4, 0.5) is 5.69 Å². The van der Waals surface area contributed by atoms with Crippen molar-refractivity contribution in [2.45, 2.75) is 20.8 Å². The Morgan fingerprint density at radius 1 is 1.17 bits per heavy atom. The number of carbonyl (C=O) groups is 2. The van der Waals surface area contributed by atoms with Crippen molar-refractivity contribution in [1.29, 1.82) is 0 Å². The first-order valence-corrected chi connectivity index (χ1v) is 5.68. The van der Waals surface area contributed by atoms with Crippen LogP contribution in [0.5, 0.6) is 0 Å². The van der Waals surface area contributed by atoms with Gasteiger partial charge in [0.15, 0.2) is 5.78 Å². The van der Waals surface area contributed by atoms with Crippen molar-refractivity contribution in [3.05, 3.63) is 35.5 Å². The van der Waals surface area contributed by atoms with E-state index in [9.17, 15) is 9.59 Å². The fraction of sp³-hybridized carbons (Fsp3) is 0.214. The smallest absolute Gasteiger partial charge is 0.221 e. The number of hydrogen-bond donors (Lipinski definition) is 1. The van der Waals surface area contributed by atoms with Crippen LogP contribution in [-0.2, 0) is 4.79 Å². The van der Waals surface area contributed by atoms with E-state index in [1.807, 2.05) is 24.3 Å². The molecule has 0 aliphatic heterocycles. The zero-order valence-electron chi connectivity index (χ0n) is 10.6. The van der Waals surface area contributed by atoms with Gasteiger partial charge in [-0.05, 0) is 19.9 Å². The lowest BCUT2D eigenvalue weighted by Crippen LogP contribution is -2.12. The van der Waals surface area contributed by atoms with Crippen LogP contribution in [-0.4, -0.2) is 16.7 Å². The summed E-state index contributed by atoms with van der Waals surface area (Å²) in [6.07, 6.45) is 0. The number of nitrogens with zero attached hydrogens (tertiary/aromatic N) is 1. The van der Waals surface area contributed by atoms with Crippen LogP contribution in [0.3, 0.4) is 0 Å². The van der Waals surface area contributed by atoms with Gasteiger partial charge < -0.3 is 5.32 Å². The van der Waals surface area contributed by atoms with E-state index in [1.54, 1.807) is 6.92 Å². The Labute approximate surface area is 105 Å². The SMILES string of the molecule is CC(=O)Nc1c(C(C)=O)c(C)nc2ccccc12. The number of aryl methyl sites for hydroxylation is 1. The Balaban J connectivity index is 2.84. The molecule has 0 atom stereocenters. The van der Waals surface area contributed by atoms with Crippen LogP contribution in [0.15, 0.2) is 24.3 Å². The zero-order chi connectivity index (χ0) is 13.3. The predicted octanol–water partition coefficient (Wildman–Crippen LogP) is 2.70. The molecule has 1 aromatic carbocycles. The molecular formula is C14H14N2O2. The van der Waals surface area contributed by atoms with Crippen molar-refractivity contribution in [2.75, 3.05) is 5.32 Å². The van der Waals surface area contributed by atoms with Crippen LogP contribution < -0.4 is 5.32 Å². The highest BCUT2D eigenvalue weighted by Crippen LogP contribution is 2.28. The fourth-order valence-electron chi connectivity index (χ4n) is 2.07. The maximum Gasteiger partial charge on any atom is 0.221 e. The Kier molecular flexibility index (Phi) is 3.10. The first-order valence-electron chi connectivity index (χ1n) is 5.68. The maximum absolute atomic E-state index is 11.7. The van der Waals surface area contributed by atoms with Crippen molar-refractivity contribution in [3.8, 4) is 0 Å². The highest BCUT2D eigenvalue weighted by molar-refractivity contribution is 6.11. The van der Waals surface area contributed by atoms with Crippen LogP contribution in [0.25, 0.3) is 10.9 Å². The number of benzene rings is 1. The summed E-state index contributed by atoms with van der Waals surface area (Å²) in [5, 5.41) is 3.52. The lowest BCUT2D eigenvalue weighted by molar-refractivity contribution is -0.114. The Hall–Kier alpha value is -2.23. The Morgan fingerprint density at radius 3 is 2.44 bits per heavy atom. The first-order chi connectivity index (χ1) is 8.50. The molecule has 2 rings (SSSR count). The predicted molar refractivity (Wildman–Crippen MR) is 70.8 cm³/mol. The number of aromatic nitrogens is 1. The fourth-order valence-corrected chi connectivity index (χ4v) is 2.07. The number of anilines is 1. The molecule has 0 bridgehead atoms. The second-order valence-corrected chi connectivity index (χ2v) is 4.20. The number of amides is 1. The number of nitrogens with one attached hydrogen (secondary N) is 1. The number of pyridine rings is 1. The minimum atomic E-state index is -0.201. The van der Waals surface area contributed by atoms with Crippen molar-refractivity contribution >= 4 is 28.3 Å². The van der Waals surface area contributed by atoms with Gasteiger partial charge >= 0.3 is 0 Å². The molecule has 1 aromatic heterocycles. The number of hydrogen-bond acceptors (Lipinski definition) is 3. The molecule has 0 spiro atoms. The van der Waals surface area contributed by atoms with E-state index in [1.165, 1.54) is 13.8 Å². The molecule has 4 nitrogen and oxygen atoms in total. The standard InChI is InChI=1S/C14H14N2O2/c1-8-13(9(2)17)14(16-10(3)18)11-6-4-5-7-12(11)15-8/h4-7H,1-3H3,(H,15,16,18). The molecule has 0 saturated heterocycles. The summed E-state index contributed by atoms with van der Waals surface area (Å²) in [5.74, 6) is -0.303. The second kappa shape index (κ2) is 4.56. The maximum atomic E-state index is 11.7. The molecule has 1 heterocycles. The van der Waals surface area contributed by atoms with Crippen molar-refractivity contribution in [3.63, 3.8) is 0 Å². The Morgan fingerprint density at radius 2 is 1.83 bits per heavy atom. The highest BCUT2D eigenvalue weighted by atomic mass is 16.1. The van der Waals surface area contributed by atoms with E-state index in [2.05, 4.69) is 10.3 Å². The van der Waals surface area contributed by atoms with E-state index in [0.717, 1.165) is 10.9 Å². The van der Waals surface area contributed by atoms with Crippen molar-refractivity contribution in [2.24, 2.45) is 0 Å². The molecule has 0 fully saturated rings. The van der Waals surface area contributed by atoms with Gasteiger partial charge in [-0.25, -0.2) is 0 Å². The van der Waals surface area contributed by atoms with Gasteiger partial charge in [0.2, 0.25) is 5.91 Å². The minimum Gasteiger partial charge on any atom is -0.325 e. The van der Waals surface area contributed by atoms with Gasteiger partial charge in [0.1, 0.15) is 0 Å². The molecule has 4 heteroatoms. The van der Waals surface area contributed by atoms with E-state index in [4.69, 9.17) is 0 Å². The lowest BCUT2D eigenvalue weighted by atomic mass is 10.0. The second-order valence-electron chi connectivity index (χ2n) is 4.20. The summed E-state index contributed by atoms with van der Waals surface area (Å²) in [7, 11) is 0. The summed E-state index contributed by atoms with van der Waals surface area (Å²) < 4.78 is 0. The minimum absolute atomic E-state index is 0.102. The monoisotopic (exact) mass is 242 g/mol. The van der Waals surface area contributed by atoms with E-state index < -0.39 is 0 Å². The third-order valence-electron chi connectivity index (χ3n) is 2.73. The van der Waals surface area contributed by atoms with Crippen molar-refractivity contribution in [1.82, 2.24) is 4.98 Å². The summed E-state index contributed by atoms with van der Waals surface area (Å²) in [5.41, 5.74) is 2.43. The number of para-hydroxylation sites is 1. The molecule has 1 N–H and O–H groups in total. The highest BCUT2D eigenvalue weighted by Gasteiger charge is 2.16. The molecule has 0 unspecified atom stereocenters. The van der Waals surface area contributed by atoms with Gasteiger partial charge in [0.25, 0.3) is 0 Å². The third-order valence-corrected chi connectivity index (χ3v) is 2.73. The zero-order valence-corrected chi connectivity index (χ0v) is 10.6. The van der Waals surface area contributed by atoms with Crippen LogP contribution in [0.1, 0.15) is 29.9 Å². The van der Waals surface area contributed by atoms with Gasteiger partial charge in [-0.2, -0.15) is 0 Å². The molecule has 0 aliphatic carbocycles. The topological polar surface area (TPSA) is 59.1 Å². The molecule has 2 aromatic rings. The summed E-state index contributed by atoms with van der Waals surface area (Å²) in [6, 6.07) is 7.44. The molecule has 0 radical (unpaired) electrons. The van der Waals surface area contributed by atoms with Gasteiger partial charge in [0.05, 0.1) is 22.5 Å². The van der Waals surface area contributed by atoms with E-state index >= 15 is 0 Å². The van der Waals surface area contributed by atoms with Crippen molar-refractivity contribution < 1.29 is 9.59 Å². The first kappa shape index (κ1) is 12.2. The van der Waals surface area contributed by atoms with Gasteiger partial charge in [-0.1, -0.05) is 18.2 Å². The van der Waals surface area contributed by atoms with E-state index in [0.29, 0.717) is 16.9 Å². The molecule has 0 aliphatic rings. The number of carbonyl (C=O) groups excluding carboxylic acids is 2. The number of fused-ring (bicyclic) bond motifs is 1. The Bertz CT molecular complexity index is 648. The normalized spacial score (nSPS) is 10.4. The van der Waals surface area contributed by atoms with Crippen LogP contribution >= 0.6 is 0 Å². The summed E-state index contributed by atoms with van der Waals surface area (Å²) in [6.45, 7) is 4.67. The van der Waals surface area contributed by atoms with Gasteiger partial charge in [-0.3, -0.25) is 14.6 Å². The molecule has 0 saturated carbocycles. The summed E-state index contributed by atoms with van der Waals surface area (Å²) in [4.78, 5) is 27.4. The van der Waals surface area contributed by atoms with Crippen LogP contribution in [0.2, 0.25) is 0 Å². The number of rotatable bonds is 2. The average molecular weight is 242 g/mol. The summed E-state index contributed by atoms with van der Waals surface area (Å²) >= 11 is 0. The quantitative estimate of drug-likeness (QED) is 0.824. The number of ketones is 1. The van der Waals surface area contributed by atoms with E-state index in [-0.39, 0.29) is 11.7 Å². The van der Waals surface area contributed by atoms with Crippen LogP contribution in [0, 0.1) is 6.92 Å². The largest absolute Gasteiger partial charge is 0.325 e. The number of Topliss-reactive ketones (excluding diaryl/α,β-unsaturated/α-hetero) is 1. The molecular weight excluding hydrogens is 228 g/mol. The average Bonchev–Trinajstić information content (AvgIpc) is 2.27. The molecule has 18 heavy (non-hydrogen) atoms. The van der Waals surface area contributed by atoms with Gasteiger partial charge in [0, 0.05) is 12.3 Å². The molecule has 1 amide bonds. The van der Waals surface area contributed by atoms with Gasteiger partial charge in [-0.15, -0.1) is 0 Å². The third kappa shape index (κ3) is 2.09. The lowest BCUT2D eigenvalue weighted by Gasteiger charge is -2.13.